The highest BCUT2D eigenvalue weighted by Crippen LogP contribution is 2.58. The summed E-state index contributed by atoms with van der Waals surface area (Å²) in [5, 5.41) is 0. The van der Waals surface area contributed by atoms with Gasteiger partial charge in [0.15, 0.2) is 0 Å². The quantitative estimate of drug-likeness (QED) is 0.517. The number of carbonyl (C=O) groups excluding carboxylic acids is 2. The van der Waals surface area contributed by atoms with Crippen molar-refractivity contribution in [2.75, 3.05) is 13.2 Å². The molecule has 2 atom stereocenters. The molecule has 4 heteroatoms. The van der Waals surface area contributed by atoms with E-state index in [1.54, 1.807) is 13.8 Å². The Balaban J connectivity index is 1.76. The molecule has 0 fully saturated rings. The lowest BCUT2D eigenvalue weighted by Crippen LogP contribution is -2.44. The summed E-state index contributed by atoms with van der Waals surface area (Å²) >= 11 is 0. The first kappa shape index (κ1) is 20.1. The van der Waals surface area contributed by atoms with Gasteiger partial charge in [-0.15, -0.1) is 0 Å². The maximum Gasteiger partial charge on any atom is 0.333 e. The van der Waals surface area contributed by atoms with Crippen LogP contribution >= 0.6 is 0 Å². The van der Waals surface area contributed by atoms with Gasteiger partial charge in [0, 0.05) is 34.8 Å². The third kappa shape index (κ3) is 3.36. The molecule has 3 aliphatic carbocycles. The number of benzene rings is 2. The molecule has 4 nitrogen and oxygen atoms in total. The monoisotopic (exact) mass is 402 g/mol. The summed E-state index contributed by atoms with van der Waals surface area (Å²) in [5.74, 6) is -0.629. The molecular formula is C26H26O4. The van der Waals surface area contributed by atoms with Gasteiger partial charge in [-0.25, -0.2) is 9.59 Å². The van der Waals surface area contributed by atoms with Crippen molar-refractivity contribution >= 4 is 11.9 Å². The van der Waals surface area contributed by atoms with Crippen molar-refractivity contribution in [2.45, 2.75) is 25.7 Å². The van der Waals surface area contributed by atoms with E-state index in [1.807, 2.05) is 0 Å². The van der Waals surface area contributed by atoms with Crippen LogP contribution in [0.4, 0.5) is 0 Å². The Labute approximate surface area is 177 Å². The summed E-state index contributed by atoms with van der Waals surface area (Å²) < 4.78 is 11.2. The zero-order valence-electron chi connectivity index (χ0n) is 17.4. The SMILES string of the molecule is C=C(C)C(=O)OC[C@@H]1C2c3ccccc3C(c3ccccc32)[C@H]1COC(=O)C(=C)C. The number of hydrogen-bond acceptors (Lipinski definition) is 4. The zero-order valence-corrected chi connectivity index (χ0v) is 17.4. The molecule has 5 rings (SSSR count). The van der Waals surface area contributed by atoms with Crippen LogP contribution in [0.2, 0.25) is 0 Å². The number of carbonyl (C=O) groups is 2. The molecule has 2 bridgehead atoms. The largest absolute Gasteiger partial charge is 0.462 e. The molecule has 2 aromatic rings. The molecule has 30 heavy (non-hydrogen) atoms. The lowest BCUT2D eigenvalue weighted by atomic mass is 9.54. The van der Waals surface area contributed by atoms with Crippen molar-refractivity contribution in [3.8, 4) is 0 Å². The smallest absolute Gasteiger partial charge is 0.333 e. The minimum Gasteiger partial charge on any atom is -0.462 e. The maximum atomic E-state index is 12.1. The topological polar surface area (TPSA) is 52.6 Å². The maximum absolute atomic E-state index is 12.1. The van der Waals surface area contributed by atoms with Crippen LogP contribution in [-0.4, -0.2) is 25.2 Å². The lowest BCUT2D eigenvalue weighted by Gasteiger charge is -2.50. The van der Waals surface area contributed by atoms with Crippen LogP contribution in [0.1, 0.15) is 47.9 Å². The van der Waals surface area contributed by atoms with E-state index in [-0.39, 0.29) is 36.9 Å². The Morgan fingerprint density at radius 1 is 0.700 bits per heavy atom. The number of rotatable bonds is 6. The summed E-state index contributed by atoms with van der Waals surface area (Å²) in [7, 11) is 0. The number of ether oxygens (including phenoxy) is 2. The van der Waals surface area contributed by atoms with Gasteiger partial charge in [0.05, 0.1) is 13.2 Å². The van der Waals surface area contributed by atoms with Crippen molar-refractivity contribution in [3.63, 3.8) is 0 Å². The summed E-state index contributed by atoms with van der Waals surface area (Å²) in [6, 6.07) is 16.8. The van der Waals surface area contributed by atoms with Gasteiger partial charge >= 0.3 is 11.9 Å². The van der Waals surface area contributed by atoms with Crippen LogP contribution < -0.4 is 0 Å². The van der Waals surface area contributed by atoms with Gasteiger partial charge in [-0.05, 0) is 36.1 Å². The first-order valence-electron chi connectivity index (χ1n) is 10.2. The van der Waals surface area contributed by atoms with E-state index in [0.717, 1.165) is 0 Å². The van der Waals surface area contributed by atoms with Crippen LogP contribution in [0.5, 0.6) is 0 Å². The number of hydrogen-bond donors (Lipinski definition) is 0. The summed E-state index contributed by atoms with van der Waals surface area (Å²) in [6.45, 7) is 11.2. The molecule has 154 valence electrons. The molecule has 0 radical (unpaired) electrons. The van der Waals surface area contributed by atoms with Gasteiger partial charge in [-0.2, -0.15) is 0 Å². The van der Waals surface area contributed by atoms with E-state index < -0.39 is 11.9 Å². The fourth-order valence-electron chi connectivity index (χ4n) is 4.94. The Bertz CT molecular complexity index is 905. The first-order valence-corrected chi connectivity index (χ1v) is 10.2. The third-order valence-electron chi connectivity index (χ3n) is 6.25. The average Bonchev–Trinajstić information content (AvgIpc) is 2.75. The van der Waals surface area contributed by atoms with Crippen molar-refractivity contribution < 1.29 is 19.1 Å². The highest BCUT2D eigenvalue weighted by molar-refractivity contribution is 5.87. The Hall–Kier alpha value is -3.14. The molecule has 0 aromatic heterocycles. The summed E-state index contributed by atoms with van der Waals surface area (Å²) in [6.07, 6.45) is 0. The molecule has 2 aromatic carbocycles. The second kappa shape index (κ2) is 7.94. The predicted octanol–water partition coefficient (Wildman–Crippen LogP) is 4.75. The van der Waals surface area contributed by atoms with Crippen LogP contribution in [0.25, 0.3) is 0 Å². The molecule has 0 saturated carbocycles. The van der Waals surface area contributed by atoms with Gasteiger partial charge in [-0.3, -0.25) is 0 Å². The molecule has 0 unspecified atom stereocenters. The fraction of sp³-hybridized carbons (Fsp3) is 0.308. The second-order valence-electron chi connectivity index (χ2n) is 8.30. The molecule has 0 N–H and O–H groups in total. The molecule has 0 amide bonds. The van der Waals surface area contributed by atoms with E-state index in [4.69, 9.17) is 9.47 Å². The third-order valence-corrected chi connectivity index (χ3v) is 6.25. The van der Waals surface area contributed by atoms with E-state index in [1.165, 1.54) is 22.3 Å². The van der Waals surface area contributed by atoms with Crippen molar-refractivity contribution in [3.05, 3.63) is 95.1 Å². The van der Waals surface area contributed by atoms with Crippen LogP contribution in [0.3, 0.4) is 0 Å². The normalized spacial score (nSPS) is 23.1. The van der Waals surface area contributed by atoms with Crippen LogP contribution in [0.15, 0.2) is 72.8 Å². The van der Waals surface area contributed by atoms with Gasteiger partial charge in [0.2, 0.25) is 0 Å². The number of fused-ring (bicyclic) bond motifs is 1. The molecular weight excluding hydrogens is 376 g/mol. The molecule has 0 spiro atoms. The summed E-state index contributed by atoms with van der Waals surface area (Å²) in [5.41, 5.74) is 5.81. The van der Waals surface area contributed by atoms with Crippen molar-refractivity contribution in [2.24, 2.45) is 11.8 Å². The van der Waals surface area contributed by atoms with E-state index >= 15 is 0 Å². The zero-order chi connectivity index (χ0) is 21.4. The molecule has 0 heterocycles. The van der Waals surface area contributed by atoms with Gasteiger partial charge < -0.3 is 9.47 Å². The van der Waals surface area contributed by atoms with Gasteiger partial charge in [0.25, 0.3) is 0 Å². The van der Waals surface area contributed by atoms with E-state index in [2.05, 4.69) is 61.7 Å². The van der Waals surface area contributed by atoms with Crippen LogP contribution in [-0.2, 0) is 19.1 Å². The fourth-order valence-corrected chi connectivity index (χ4v) is 4.94. The van der Waals surface area contributed by atoms with Crippen molar-refractivity contribution in [1.82, 2.24) is 0 Å². The van der Waals surface area contributed by atoms with E-state index in [0.29, 0.717) is 11.1 Å². The highest BCUT2D eigenvalue weighted by atomic mass is 16.5. The highest BCUT2D eigenvalue weighted by Gasteiger charge is 2.50. The second-order valence-corrected chi connectivity index (χ2v) is 8.30. The Morgan fingerprint density at radius 3 is 1.27 bits per heavy atom. The molecule has 0 saturated heterocycles. The Kier molecular flexibility index (Phi) is 5.33. The molecule has 3 aliphatic rings. The first-order chi connectivity index (χ1) is 14.4. The van der Waals surface area contributed by atoms with Crippen molar-refractivity contribution in [1.29, 1.82) is 0 Å². The van der Waals surface area contributed by atoms with E-state index in [9.17, 15) is 9.59 Å². The van der Waals surface area contributed by atoms with Gasteiger partial charge in [-0.1, -0.05) is 61.7 Å². The van der Waals surface area contributed by atoms with Gasteiger partial charge in [0.1, 0.15) is 0 Å². The molecule has 0 aliphatic heterocycles. The number of esters is 2. The predicted molar refractivity (Wildman–Crippen MR) is 115 cm³/mol. The lowest BCUT2D eigenvalue weighted by molar-refractivity contribution is -0.145. The summed E-state index contributed by atoms with van der Waals surface area (Å²) in [4.78, 5) is 24.3. The minimum absolute atomic E-state index is 0.000946. The Morgan fingerprint density at radius 2 is 1.00 bits per heavy atom. The minimum atomic E-state index is -0.393. The van der Waals surface area contributed by atoms with Crippen LogP contribution in [0, 0.1) is 11.8 Å². The average molecular weight is 402 g/mol. The standard InChI is InChI=1S/C26H26O4/c1-15(2)25(27)29-13-21-22(14-30-26(28)16(3)4)24-19-11-7-5-9-17(19)23(21)18-10-6-8-12-20(18)24/h5-12,21-24H,1,3,13-14H2,2,4H3/t21-,22-,23?,24?/m0/s1.